The molecule has 3 heteroatoms. The zero-order valence-corrected chi connectivity index (χ0v) is 13.6. The van der Waals surface area contributed by atoms with Gasteiger partial charge in [0, 0.05) is 18.3 Å². The number of ether oxygens (including phenoxy) is 1. The maximum absolute atomic E-state index is 5.76. The molecule has 0 spiro atoms. The van der Waals surface area contributed by atoms with Gasteiger partial charge in [0.1, 0.15) is 5.75 Å². The number of hydrogen-bond acceptors (Lipinski definition) is 3. The van der Waals surface area contributed by atoms with Gasteiger partial charge >= 0.3 is 0 Å². The van der Waals surface area contributed by atoms with Crippen LogP contribution in [0.2, 0.25) is 0 Å². The predicted molar refractivity (Wildman–Crippen MR) is 89.6 cm³/mol. The normalized spacial score (nSPS) is 20.4. The van der Waals surface area contributed by atoms with Crippen molar-refractivity contribution in [2.45, 2.75) is 39.5 Å². The van der Waals surface area contributed by atoms with Crippen LogP contribution in [0.3, 0.4) is 0 Å². The largest absolute Gasteiger partial charge is 0.493 e. The third-order valence-electron chi connectivity index (χ3n) is 4.55. The Hall–Kier alpha value is -1.22. The Kier molecular flexibility index (Phi) is 6.37. The van der Waals surface area contributed by atoms with Crippen LogP contribution in [0.4, 0.5) is 5.69 Å². The van der Waals surface area contributed by atoms with Crippen molar-refractivity contribution in [3.05, 3.63) is 24.3 Å². The smallest absolute Gasteiger partial charge is 0.121 e. The lowest BCUT2D eigenvalue weighted by atomic mass is 9.89. The lowest BCUT2D eigenvalue weighted by Gasteiger charge is -2.21. The summed E-state index contributed by atoms with van der Waals surface area (Å²) in [7, 11) is 0. The van der Waals surface area contributed by atoms with E-state index in [1.54, 1.807) is 0 Å². The molecular weight excluding hydrogens is 260 g/mol. The summed E-state index contributed by atoms with van der Waals surface area (Å²) in [5, 5.41) is 0. The Morgan fingerprint density at radius 2 is 2.14 bits per heavy atom. The number of benzene rings is 1. The maximum atomic E-state index is 5.76. The average molecular weight is 290 g/mol. The van der Waals surface area contributed by atoms with Gasteiger partial charge in [-0.1, -0.05) is 19.9 Å². The molecule has 1 atom stereocenters. The molecule has 1 fully saturated rings. The van der Waals surface area contributed by atoms with Gasteiger partial charge in [-0.25, -0.2) is 0 Å². The quantitative estimate of drug-likeness (QED) is 0.640. The molecule has 0 saturated carbocycles. The van der Waals surface area contributed by atoms with Gasteiger partial charge in [-0.05, 0) is 62.7 Å². The molecule has 2 rings (SSSR count). The van der Waals surface area contributed by atoms with Crippen molar-refractivity contribution in [1.82, 2.24) is 4.90 Å². The van der Waals surface area contributed by atoms with Crippen molar-refractivity contribution >= 4 is 5.69 Å². The summed E-state index contributed by atoms with van der Waals surface area (Å²) in [6, 6.07) is 7.68. The van der Waals surface area contributed by atoms with Crippen molar-refractivity contribution < 1.29 is 4.74 Å². The Morgan fingerprint density at radius 1 is 1.29 bits per heavy atom. The van der Waals surface area contributed by atoms with Gasteiger partial charge in [0.15, 0.2) is 0 Å². The molecule has 1 heterocycles. The summed E-state index contributed by atoms with van der Waals surface area (Å²) in [6.07, 6.45) is 5.18. The summed E-state index contributed by atoms with van der Waals surface area (Å²) >= 11 is 0. The van der Waals surface area contributed by atoms with E-state index in [4.69, 9.17) is 10.5 Å². The highest BCUT2D eigenvalue weighted by Crippen LogP contribution is 2.24. The summed E-state index contributed by atoms with van der Waals surface area (Å²) in [5.41, 5.74) is 6.51. The van der Waals surface area contributed by atoms with Gasteiger partial charge in [0.05, 0.1) is 6.61 Å². The van der Waals surface area contributed by atoms with Crippen LogP contribution in [0, 0.1) is 11.8 Å². The molecule has 0 bridgehead atoms. The minimum absolute atomic E-state index is 0.764. The molecule has 0 amide bonds. The van der Waals surface area contributed by atoms with Gasteiger partial charge in [-0.15, -0.1) is 0 Å². The lowest BCUT2D eigenvalue weighted by Crippen LogP contribution is -2.27. The fourth-order valence-electron chi connectivity index (χ4n) is 3.15. The van der Waals surface area contributed by atoms with Crippen LogP contribution in [0.15, 0.2) is 24.3 Å². The minimum Gasteiger partial charge on any atom is -0.493 e. The van der Waals surface area contributed by atoms with Crippen LogP contribution in [-0.4, -0.2) is 31.1 Å². The molecule has 0 radical (unpaired) electrons. The Bertz CT molecular complexity index is 419. The number of nitrogens with two attached hydrogens (primary N) is 1. The summed E-state index contributed by atoms with van der Waals surface area (Å²) in [5.74, 6) is 2.63. The first-order valence-electron chi connectivity index (χ1n) is 8.36. The van der Waals surface area contributed by atoms with E-state index in [2.05, 4.69) is 18.7 Å². The number of likely N-dealkylation sites (tertiary alicyclic amines) is 1. The van der Waals surface area contributed by atoms with E-state index in [1.165, 1.54) is 32.4 Å². The van der Waals surface area contributed by atoms with Crippen LogP contribution in [0.5, 0.6) is 5.75 Å². The van der Waals surface area contributed by atoms with E-state index in [0.717, 1.165) is 42.8 Å². The second-order valence-electron chi connectivity index (χ2n) is 6.55. The second-order valence-corrected chi connectivity index (χ2v) is 6.55. The van der Waals surface area contributed by atoms with Gasteiger partial charge in [0.25, 0.3) is 0 Å². The monoisotopic (exact) mass is 290 g/mol. The van der Waals surface area contributed by atoms with Crippen molar-refractivity contribution in [2.75, 3.05) is 32.0 Å². The number of nitrogen functional groups attached to an aromatic ring is 1. The Morgan fingerprint density at radius 3 is 2.90 bits per heavy atom. The SMILES string of the molecule is CC(C)C1CCCN(CCCOc2cccc(N)c2)CC1. The molecular formula is C18H30N2O. The van der Waals surface area contributed by atoms with E-state index in [9.17, 15) is 0 Å². The third-order valence-corrected chi connectivity index (χ3v) is 4.55. The lowest BCUT2D eigenvalue weighted by molar-refractivity contribution is 0.235. The van der Waals surface area contributed by atoms with E-state index >= 15 is 0 Å². The second kappa shape index (κ2) is 8.28. The van der Waals surface area contributed by atoms with Gasteiger partial charge in [0.2, 0.25) is 0 Å². The highest BCUT2D eigenvalue weighted by molar-refractivity contribution is 5.43. The van der Waals surface area contributed by atoms with Gasteiger partial charge < -0.3 is 15.4 Å². The Balaban J connectivity index is 1.64. The van der Waals surface area contributed by atoms with E-state index in [0.29, 0.717) is 0 Å². The summed E-state index contributed by atoms with van der Waals surface area (Å²) in [6.45, 7) is 9.14. The molecule has 2 N–H and O–H groups in total. The highest BCUT2D eigenvalue weighted by Gasteiger charge is 2.18. The molecule has 3 nitrogen and oxygen atoms in total. The zero-order valence-electron chi connectivity index (χ0n) is 13.6. The van der Waals surface area contributed by atoms with Crippen molar-refractivity contribution in [3.63, 3.8) is 0 Å². The molecule has 0 aliphatic carbocycles. The molecule has 1 unspecified atom stereocenters. The minimum atomic E-state index is 0.764. The first-order chi connectivity index (χ1) is 10.1. The first kappa shape index (κ1) is 16.2. The van der Waals surface area contributed by atoms with Crippen LogP contribution >= 0.6 is 0 Å². The van der Waals surface area contributed by atoms with Gasteiger partial charge in [-0.3, -0.25) is 0 Å². The number of hydrogen-bond donors (Lipinski definition) is 1. The molecule has 0 aromatic heterocycles. The molecule has 1 aromatic carbocycles. The summed E-state index contributed by atoms with van der Waals surface area (Å²) < 4.78 is 5.76. The molecule has 21 heavy (non-hydrogen) atoms. The molecule has 1 saturated heterocycles. The average Bonchev–Trinajstić information content (AvgIpc) is 2.69. The fraction of sp³-hybridized carbons (Fsp3) is 0.667. The van der Waals surface area contributed by atoms with E-state index in [-0.39, 0.29) is 0 Å². The zero-order chi connectivity index (χ0) is 15.1. The number of rotatable bonds is 6. The standard InChI is InChI=1S/C18H30N2O/c1-15(2)16-6-4-10-20(12-9-16)11-5-13-21-18-8-3-7-17(19)14-18/h3,7-8,14-16H,4-6,9-13,19H2,1-2H3. The molecule has 1 aromatic rings. The van der Waals surface area contributed by atoms with E-state index in [1.807, 2.05) is 24.3 Å². The maximum Gasteiger partial charge on any atom is 0.121 e. The van der Waals surface area contributed by atoms with Crippen molar-refractivity contribution in [1.29, 1.82) is 0 Å². The highest BCUT2D eigenvalue weighted by atomic mass is 16.5. The molecule has 1 aliphatic rings. The predicted octanol–water partition coefficient (Wildman–Crippen LogP) is 3.80. The van der Waals surface area contributed by atoms with Crippen LogP contribution in [0.1, 0.15) is 39.5 Å². The third kappa shape index (κ3) is 5.58. The topological polar surface area (TPSA) is 38.5 Å². The van der Waals surface area contributed by atoms with Gasteiger partial charge in [-0.2, -0.15) is 0 Å². The molecule has 118 valence electrons. The van der Waals surface area contributed by atoms with Crippen LogP contribution in [-0.2, 0) is 0 Å². The first-order valence-corrected chi connectivity index (χ1v) is 8.36. The van der Waals surface area contributed by atoms with Crippen molar-refractivity contribution in [3.8, 4) is 5.75 Å². The number of nitrogens with zero attached hydrogens (tertiary/aromatic N) is 1. The van der Waals surface area contributed by atoms with E-state index < -0.39 is 0 Å². The number of anilines is 1. The Labute approximate surface area is 129 Å². The summed E-state index contributed by atoms with van der Waals surface area (Å²) in [4.78, 5) is 2.60. The van der Waals surface area contributed by atoms with Crippen LogP contribution in [0.25, 0.3) is 0 Å². The van der Waals surface area contributed by atoms with Crippen LogP contribution < -0.4 is 10.5 Å². The molecule has 1 aliphatic heterocycles. The van der Waals surface area contributed by atoms with Crippen molar-refractivity contribution in [2.24, 2.45) is 11.8 Å². The fourth-order valence-corrected chi connectivity index (χ4v) is 3.15.